The quantitative estimate of drug-likeness (QED) is 0.157. The van der Waals surface area contributed by atoms with Crippen molar-refractivity contribution in [2.75, 3.05) is 0 Å². The molecule has 0 spiro atoms. The molecule has 0 heterocycles. The van der Waals surface area contributed by atoms with Gasteiger partial charge in [0, 0.05) is 5.92 Å². The second-order valence-electron chi connectivity index (χ2n) is 15.9. The topological polar surface area (TPSA) is 0 Å². The van der Waals surface area contributed by atoms with Gasteiger partial charge in [-0.05, 0) is 149 Å². The molecule has 11 rings (SSSR count). The van der Waals surface area contributed by atoms with Gasteiger partial charge in [0.15, 0.2) is 0 Å². The van der Waals surface area contributed by atoms with Crippen LogP contribution in [0.1, 0.15) is 65.3 Å². The highest BCUT2D eigenvalue weighted by Crippen LogP contribution is 2.51. The van der Waals surface area contributed by atoms with Crippen LogP contribution in [-0.4, -0.2) is 0 Å². The molecule has 1 unspecified atom stereocenters. The summed E-state index contributed by atoms with van der Waals surface area (Å²) < 4.78 is 0. The number of hydrogen-bond acceptors (Lipinski definition) is 0. The number of aryl methyl sites for hydroxylation is 1. The zero-order chi connectivity index (χ0) is 36.5. The van der Waals surface area contributed by atoms with E-state index in [4.69, 9.17) is 0 Å². The monoisotopic (exact) mass is 702 g/mol. The fourth-order valence-electron chi connectivity index (χ4n) is 10.0. The van der Waals surface area contributed by atoms with E-state index in [2.05, 4.69) is 183 Å². The minimum atomic E-state index is 0.396. The average molecular weight is 703 g/mol. The molecule has 0 radical (unpaired) electrons. The molecule has 0 heteroatoms. The highest BCUT2D eigenvalue weighted by Gasteiger charge is 2.30. The maximum Gasteiger partial charge on any atom is 0.0137 e. The normalized spacial score (nSPS) is 16.1. The molecule has 0 saturated heterocycles. The Labute approximate surface area is 324 Å². The van der Waals surface area contributed by atoms with Crippen molar-refractivity contribution in [2.24, 2.45) is 0 Å². The lowest BCUT2D eigenvalue weighted by atomic mass is 9.71. The largest absolute Gasteiger partial charge is 0.0757 e. The summed E-state index contributed by atoms with van der Waals surface area (Å²) in [5, 5.41) is 5.36. The minimum absolute atomic E-state index is 0.396. The molecule has 0 amide bonds. The van der Waals surface area contributed by atoms with Gasteiger partial charge in [0.25, 0.3) is 0 Å². The van der Waals surface area contributed by atoms with Crippen LogP contribution >= 0.6 is 0 Å². The van der Waals surface area contributed by atoms with E-state index in [0.29, 0.717) is 11.8 Å². The summed E-state index contributed by atoms with van der Waals surface area (Å²) in [4.78, 5) is 0. The van der Waals surface area contributed by atoms with Crippen LogP contribution in [0.15, 0.2) is 176 Å². The van der Waals surface area contributed by atoms with Crippen LogP contribution < -0.4 is 0 Å². The van der Waals surface area contributed by atoms with E-state index < -0.39 is 0 Å². The summed E-state index contributed by atoms with van der Waals surface area (Å²) in [6.07, 6.45) is 9.74. The molecule has 1 fully saturated rings. The maximum atomic E-state index is 2.46. The number of rotatable bonds is 5. The standard InChI is InChI=1S/C55H42/c1-35-31-41-13-2-3-20-43(41)50-26-12-27-51(54(35)50)52-28-11-25-44(55(52)36-14-8-15-36)42-19-10-18-39(33-42)37-16-9-17-38(32-37)40-29-30-49-47-23-5-4-21-45(47)46-22-6-7-24-48(46)53(49)34-40/h2-7,9-13,16-29,31-34,36,49H,8,14-15,30H2,1H3. The predicted octanol–water partition coefficient (Wildman–Crippen LogP) is 15.2. The van der Waals surface area contributed by atoms with E-state index in [1.54, 1.807) is 0 Å². The van der Waals surface area contributed by atoms with Crippen molar-refractivity contribution in [3.05, 3.63) is 204 Å². The number of fused-ring (bicyclic) bond motifs is 9. The first kappa shape index (κ1) is 32.2. The van der Waals surface area contributed by atoms with E-state index in [1.165, 1.54) is 124 Å². The number of hydrogen-bond donors (Lipinski definition) is 0. The molecule has 3 aliphatic carbocycles. The molecule has 0 N–H and O–H groups in total. The second-order valence-corrected chi connectivity index (χ2v) is 15.9. The zero-order valence-electron chi connectivity index (χ0n) is 31.2. The van der Waals surface area contributed by atoms with Gasteiger partial charge < -0.3 is 0 Å². The van der Waals surface area contributed by atoms with E-state index in [-0.39, 0.29) is 0 Å². The SMILES string of the molecule is Cc1cc2ccccc2c2cccc(-c3cccc(-c4cccc(-c5cccc(C6=CCC7C(=C6)c6ccccc6-c6ccccc67)c5)c4)c3C3CCC3)c12. The Morgan fingerprint density at radius 3 is 1.93 bits per heavy atom. The summed E-state index contributed by atoms with van der Waals surface area (Å²) in [5.41, 5.74) is 20.4. The molecule has 8 aromatic rings. The summed E-state index contributed by atoms with van der Waals surface area (Å²) in [6, 6.07) is 61.6. The van der Waals surface area contributed by atoms with Crippen molar-refractivity contribution in [1.29, 1.82) is 0 Å². The minimum Gasteiger partial charge on any atom is -0.0757 e. The van der Waals surface area contributed by atoms with Crippen molar-refractivity contribution >= 4 is 32.7 Å². The molecule has 0 bridgehead atoms. The summed E-state index contributed by atoms with van der Waals surface area (Å²) in [5.74, 6) is 0.966. The van der Waals surface area contributed by atoms with Gasteiger partial charge in [-0.3, -0.25) is 0 Å². The highest BCUT2D eigenvalue weighted by molar-refractivity contribution is 6.14. The van der Waals surface area contributed by atoms with Gasteiger partial charge in [-0.25, -0.2) is 0 Å². The van der Waals surface area contributed by atoms with Gasteiger partial charge in [0.05, 0.1) is 0 Å². The van der Waals surface area contributed by atoms with Gasteiger partial charge in [-0.15, -0.1) is 0 Å². The van der Waals surface area contributed by atoms with E-state index in [9.17, 15) is 0 Å². The zero-order valence-corrected chi connectivity index (χ0v) is 31.2. The molecule has 3 aliphatic rings. The van der Waals surface area contributed by atoms with Gasteiger partial charge in [0.2, 0.25) is 0 Å². The van der Waals surface area contributed by atoms with Crippen LogP contribution in [0.3, 0.4) is 0 Å². The van der Waals surface area contributed by atoms with Crippen LogP contribution in [0.25, 0.3) is 77.2 Å². The van der Waals surface area contributed by atoms with Crippen LogP contribution in [0, 0.1) is 6.92 Å². The van der Waals surface area contributed by atoms with E-state index >= 15 is 0 Å². The van der Waals surface area contributed by atoms with Crippen LogP contribution in [-0.2, 0) is 0 Å². The molecule has 262 valence electrons. The first-order valence-corrected chi connectivity index (χ1v) is 20.1. The maximum absolute atomic E-state index is 2.46. The van der Waals surface area contributed by atoms with Crippen LogP contribution in [0.5, 0.6) is 0 Å². The third-order valence-corrected chi connectivity index (χ3v) is 12.8. The molecule has 1 saturated carbocycles. The Morgan fingerprint density at radius 1 is 0.473 bits per heavy atom. The number of benzene rings is 8. The lowest BCUT2D eigenvalue weighted by molar-refractivity contribution is 0.421. The van der Waals surface area contributed by atoms with Gasteiger partial charge in [0.1, 0.15) is 0 Å². The fourth-order valence-corrected chi connectivity index (χ4v) is 10.0. The van der Waals surface area contributed by atoms with Gasteiger partial charge >= 0.3 is 0 Å². The molecule has 55 heavy (non-hydrogen) atoms. The lowest BCUT2D eigenvalue weighted by Gasteiger charge is -2.32. The van der Waals surface area contributed by atoms with Gasteiger partial charge in [-0.1, -0.05) is 170 Å². The molecular formula is C55H42. The van der Waals surface area contributed by atoms with Crippen molar-refractivity contribution in [2.45, 2.75) is 44.4 Å². The third kappa shape index (κ3) is 5.27. The second kappa shape index (κ2) is 13.0. The lowest BCUT2D eigenvalue weighted by Crippen LogP contribution is -2.12. The van der Waals surface area contributed by atoms with E-state index in [0.717, 1.165) is 6.42 Å². The summed E-state index contributed by atoms with van der Waals surface area (Å²) >= 11 is 0. The first-order chi connectivity index (χ1) is 27.2. The van der Waals surface area contributed by atoms with Crippen molar-refractivity contribution < 1.29 is 0 Å². The van der Waals surface area contributed by atoms with E-state index in [1.807, 2.05) is 0 Å². The van der Waals surface area contributed by atoms with Crippen LogP contribution in [0.2, 0.25) is 0 Å². The Hall–Kier alpha value is -6.24. The molecule has 0 nitrogen and oxygen atoms in total. The number of allylic oxidation sites excluding steroid dienone is 4. The van der Waals surface area contributed by atoms with Crippen molar-refractivity contribution in [1.82, 2.24) is 0 Å². The Bertz CT molecular complexity index is 2890. The predicted molar refractivity (Wildman–Crippen MR) is 234 cm³/mol. The molecule has 0 aromatic heterocycles. The average Bonchev–Trinajstić information content (AvgIpc) is 3.23. The molecule has 1 atom stereocenters. The summed E-state index contributed by atoms with van der Waals surface area (Å²) in [6.45, 7) is 2.29. The Balaban J connectivity index is 0.990. The fraction of sp³-hybridized carbons (Fsp3) is 0.127. The highest BCUT2D eigenvalue weighted by atomic mass is 14.3. The smallest absolute Gasteiger partial charge is 0.0137 e. The summed E-state index contributed by atoms with van der Waals surface area (Å²) in [7, 11) is 0. The molecule has 0 aliphatic heterocycles. The van der Waals surface area contributed by atoms with Crippen molar-refractivity contribution in [3.63, 3.8) is 0 Å². The first-order valence-electron chi connectivity index (χ1n) is 20.1. The van der Waals surface area contributed by atoms with Crippen molar-refractivity contribution in [3.8, 4) is 44.5 Å². The van der Waals surface area contributed by atoms with Gasteiger partial charge in [-0.2, -0.15) is 0 Å². The van der Waals surface area contributed by atoms with Crippen LogP contribution in [0.4, 0.5) is 0 Å². The third-order valence-electron chi connectivity index (χ3n) is 12.8. The Morgan fingerprint density at radius 2 is 1.09 bits per heavy atom. The molecule has 8 aromatic carbocycles. The molecular weight excluding hydrogens is 661 g/mol. The Kier molecular flexibility index (Phi) is 7.59.